The Kier molecular flexibility index (Phi) is 9.96. The van der Waals surface area contributed by atoms with Gasteiger partial charge in [0.2, 0.25) is 11.8 Å². The lowest BCUT2D eigenvalue weighted by Gasteiger charge is -2.30. The standard InChI is InChI=1S/C41H46N6O5S/c1-24-6-8-32(9-7-24)53(50,51)47-23-35(38-26(3)19-34(40(42)49)27(4)28(38)5)39-41(47)43-21-36(45-39)29-18-25(2)33-10-14-46(22-30(33)20-29)15-11-37(48)44-31-12-16-52-17-13-31/h6-9,18-21,23,31H,10-17,22H2,1-5H3,(H2,42,49)(H,44,48). The first-order valence-corrected chi connectivity index (χ1v) is 19.6. The molecule has 2 aromatic heterocycles. The molecule has 0 atom stereocenters. The minimum Gasteiger partial charge on any atom is -0.381 e. The number of rotatable bonds is 9. The van der Waals surface area contributed by atoms with Gasteiger partial charge in [-0.05, 0) is 123 Å². The van der Waals surface area contributed by atoms with E-state index in [2.05, 4.69) is 29.3 Å². The predicted molar refractivity (Wildman–Crippen MR) is 205 cm³/mol. The van der Waals surface area contributed by atoms with Crippen LogP contribution in [0, 0.1) is 34.6 Å². The molecule has 0 spiro atoms. The lowest BCUT2D eigenvalue weighted by Crippen LogP contribution is -2.41. The van der Waals surface area contributed by atoms with Crippen LogP contribution in [-0.4, -0.2) is 71.4 Å². The molecule has 2 amide bonds. The van der Waals surface area contributed by atoms with Crippen LogP contribution >= 0.6 is 0 Å². The Hall–Kier alpha value is -4.91. The molecule has 0 bridgehead atoms. The van der Waals surface area contributed by atoms with Crippen LogP contribution in [0.4, 0.5) is 0 Å². The number of nitrogens with zero attached hydrogens (tertiary/aromatic N) is 4. The summed E-state index contributed by atoms with van der Waals surface area (Å²) in [6.45, 7) is 13.3. The second-order valence-electron chi connectivity index (χ2n) is 14.5. The number of nitrogens with two attached hydrogens (primary N) is 1. The van der Waals surface area contributed by atoms with Crippen molar-refractivity contribution in [2.24, 2.45) is 5.73 Å². The third-order valence-corrected chi connectivity index (χ3v) is 12.5. The fourth-order valence-corrected chi connectivity index (χ4v) is 9.08. The van der Waals surface area contributed by atoms with Crippen molar-refractivity contribution in [3.63, 3.8) is 0 Å². The van der Waals surface area contributed by atoms with Gasteiger partial charge in [-0.1, -0.05) is 17.7 Å². The summed E-state index contributed by atoms with van der Waals surface area (Å²) < 4.78 is 35.0. The molecule has 0 radical (unpaired) electrons. The number of carbonyl (C=O) groups excluding carboxylic acids is 2. The molecule has 11 nitrogen and oxygen atoms in total. The normalized spacial score (nSPS) is 15.4. The van der Waals surface area contributed by atoms with Crippen molar-refractivity contribution in [1.29, 1.82) is 0 Å². The molecule has 4 heterocycles. The Morgan fingerprint density at radius 3 is 2.43 bits per heavy atom. The summed E-state index contributed by atoms with van der Waals surface area (Å²) in [6.07, 6.45) is 6.27. The average molecular weight is 735 g/mol. The maximum atomic E-state index is 14.2. The minimum absolute atomic E-state index is 0.0771. The minimum atomic E-state index is -4.05. The molecule has 2 aliphatic rings. The van der Waals surface area contributed by atoms with Crippen LogP contribution in [0.1, 0.15) is 68.6 Å². The van der Waals surface area contributed by atoms with E-state index >= 15 is 0 Å². The molecule has 0 unspecified atom stereocenters. The Balaban J connectivity index is 1.27. The molecule has 12 heteroatoms. The van der Waals surface area contributed by atoms with Gasteiger partial charge in [-0.3, -0.25) is 14.5 Å². The second-order valence-corrected chi connectivity index (χ2v) is 16.3. The molecule has 0 saturated carbocycles. The highest BCUT2D eigenvalue weighted by Crippen LogP contribution is 2.38. The fraction of sp³-hybridized carbons (Fsp3) is 0.366. The number of ether oxygens (including phenoxy) is 1. The third-order valence-electron chi connectivity index (χ3n) is 10.8. The maximum Gasteiger partial charge on any atom is 0.269 e. The van der Waals surface area contributed by atoms with Gasteiger partial charge in [0.15, 0.2) is 5.65 Å². The van der Waals surface area contributed by atoms with Gasteiger partial charge in [0, 0.05) is 68.2 Å². The number of hydrogen-bond donors (Lipinski definition) is 2. The SMILES string of the molecule is Cc1ccc(S(=O)(=O)n2cc(-c3c(C)cc(C(N)=O)c(C)c3C)c3nc(-c4cc(C)c5c(c4)CN(CCC(=O)NC4CCOCC4)CC5)cnc32)cc1. The number of carbonyl (C=O) groups is 2. The van der Waals surface area contributed by atoms with E-state index in [-0.39, 0.29) is 22.5 Å². The van der Waals surface area contributed by atoms with Crippen LogP contribution in [0.3, 0.4) is 0 Å². The van der Waals surface area contributed by atoms with E-state index in [0.717, 1.165) is 64.8 Å². The lowest BCUT2D eigenvalue weighted by molar-refractivity contribution is -0.122. The van der Waals surface area contributed by atoms with Gasteiger partial charge in [0.1, 0.15) is 5.52 Å². The van der Waals surface area contributed by atoms with Crippen LogP contribution in [0.25, 0.3) is 33.5 Å². The smallest absolute Gasteiger partial charge is 0.269 e. The number of nitrogens with one attached hydrogen (secondary N) is 1. The molecule has 3 aromatic carbocycles. The van der Waals surface area contributed by atoms with Crippen LogP contribution in [0.5, 0.6) is 0 Å². The molecule has 3 N–H and O–H groups in total. The maximum absolute atomic E-state index is 14.2. The van der Waals surface area contributed by atoms with Gasteiger partial charge in [0.25, 0.3) is 10.0 Å². The van der Waals surface area contributed by atoms with Gasteiger partial charge in [0.05, 0.1) is 16.8 Å². The Labute approximate surface area is 310 Å². The number of benzene rings is 3. The molecule has 1 saturated heterocycles. The quantitative estimate of drug-likeness (QED) is 0.196. The molecule has 7 rings (SSSR count). The first-order chi connectivity index (χ1) is 25.3. The zero-order chi connectivity index (χ0) is 37.6. The van der Waals surface area contributed by atoms with E-state index in [1.54, 1.807) is 42.7 Å². The summed E-state index contributed by atoms with van der Waals surface area (Å²) in [5, 5.41) is 3.17. The second kappa shape index (κ2) is 14.5. The molecular weight excluding hydrogens is 689 g/mol. The number of aryl methyl sites for hydroxylation is 3. The van der Waals surface area contributed by atoms with Crippen molar-refractivity contribution in [3.8, 4) is 22.4 Å². The molecular formula is C41H46N6O5S. The van der Waals surface area contributed by atoms with Gasteiger partial charge < -0.3 is 15.8 Å². The van der Waals surface area contributed by atoms with Gasteiger partial charge in [-0.2, -0.15) is 0 Å². The number of hydrogen-bond acceptors (Lipinski definition) is 8. The van der Waals surface area contributed by atoms with Crippen LogP contribution in [0.15, 0.2) is 59.8 Å². The molecule has 0 aliphatic carbocycles. The highest BCUT2D eigenvalue weighted by molar-refractivity contribution is 7.90. The molecule has 276 valence electrons. The molecule has 2 aliphatic heterocycles. The first kappa shape index (κ1) is 36.4. The molecule has 53 heavy (non-hydrogen) atoms. The predicted octanol–water partition coefficient (Wildman–Crippen LogP) is 5.69. The van der Waals surface area contributed by atoms with Crippen molar-refractivity contribution in [3.05, 3.63) is 99.4 Å². The highest BCUT2D eigenvalue weighted by atomic mass is 32.2. The summed E-state index contributed by atoms with van der Waals surface area (Å²) in [5.41, 5.74) is 16.5. The zero-order valence-corrected chi connectivity index (χ0v) is 31.8. The Morgan fingerprint density at radius 1 is 0.981 bits per heavy atom. The van der Waals surface area contributed by atoms with Gasteiger partial charge in [-0.25, -0.2) is 22.4 Å². The average Bonchev–Trinajstić information content (AvgIpc) is 3.52. The van der Waals surface area contributed by atoms with E-state index in [9.17, 15) is 18.0 Å². The van der Waals surface area contributed by atoms with E-state index in [1.165, 1.54) is 15.1 Å². The van der Waals surface area contributed by atoms with Crippen LogP contribution in [0.2, 0.25) is 0 Å². The van der Waals surface area contributed by atoms with Crippen molar-refractivity contribution >= 4 is 33.0 Å². The highest BCUT2D eigenvalue weighted by Gasteiger charge is 2.27. The van der Waals surface area contributed by atoms with E-state index in [1.807, 2.05) is 27.7 Å². The number of aromatic nitrogens is 3. The van der Waals surface area contributed by atoms with Gasteiger partial charge in [-0.15, -0.1) is 0 Å². The van der Waals surface area contributed by atoms with Crippen LogP contribution < -0.4 is 11.1 Å². The Bertz CT molecular complexity index is 2360. The van der Waals surface area contributed by atoms with Crippen molar-refractivity contribution in [2.45, 2.75) is 77.8 Å². The van der Waals surface area contributed by atoms with Gasteiger partial charge >= 0.3 is 0 Å². The summed E-state index contributed by atoms with van der Waals surface area (Å²) in [7, 11) is -4.05. The zero-order valence-electron chi connectivity index (χ0n) is 31.0. The summed E-state index contributed by atoms with van der Waals surface area (Å²) >= 11 is 0. The Morgan fingerprint density at radius 2 is 1.72 bits per heavy atom. The lowest BCUT2D eigenvalue weighted by atomic mass is 9.90. The first-order valence-electron chi connectivity index (χ1n) is 18.2. The van der Waals surface area contributed by atoms with Crippen molar-refractivity contribution in [2.75, 3.05) is 26.3 Å². The van der Waals surface area contributed by atoms with E-state index < -0.39 is 15.9 Å². The number of fused-ring (bicyclic) bond motifs is 2. The van der Waals surface area contributed by atoms with E-state index in [4.69, 9.17) is 20.4 Å². The largest absolute Gasteiger partial charge is 0.381 e. The number of primary amides is 1. The summed E-state index contributed by atoms with van der Waals surface area (Å²) in [4.78, 5) is 37.4. The monoisotopic (exact) mass is 734 g/mol. The third kappa shape index (κ3) is 7.10. The molecule has 1 fully saturated rings. The van der Waals surface area contributed by atoms with Crippen molar-refractivity contribution < 1.29 is 22.7 Å². The fourth-order valence-electron chi connectivity index (χ4n) is 7.76. The summed E-state index contributed by atoms with van der Waals surface area (Å²) in [5.74, 6) is -0.445. The molecule has 5 aromatic rings. The topological polar surface area (TPSA) is 150 Å². The van der Waals surface area contributed by atoms with Crippen molar-refractivity contribution in [1.82, 2.24) is 24.2 Å². The number of amides is 2. The van der Waals surface area contributed by atoms with E-state index in [0.29, 0.717) is 55.1 Å². The summed E-state index contributed by atoms with van der Waals surface area (Å²) in [6, 6.07) is 12.9. The van der Waals surface area contributed by atoms with Crippen LogP contribution in [-0.2, 0) is 32.5 Å².